The number of nitrogens with zero attached hydrogens (tertiary/aromatic N) is 1. The maximum absolute atomic E-state index is 12.2. The second-order valence-corrected chi connectivity index (χ2v) is 6.32. The van der Waals surface area contributed by atoms with Crippen LogP contribution in [0, 0.1) is 20.8 Å². The number of aryl methyl sites for hydroxylation is 2. The van der Waals surface area contributed by atoms with Gasteiger partial charge >= 0.3 is 0 Å². The summed E-state index contributed by atoms with van der Waals surface area (Å²) in [6.07, 6.45) is 0. The van der Waals surface area contributed by atoms with Crippen LogP contribution in [-0.4, -0.2) is 37.4 Å². The van der Waals surface area contributed by atoms with Gasteiger partial charge in [-0.1, -0.05) is 12.1 Å². The SMILES string of the molecule is Cc1cc(C)c(C)c(OCC(=O)Nc2cccc(C(=O)N(C)C)c2)c1. The van der Waals surface area contributed by atoms with Crippen molar-refractivity contribution in [3.63, 3.8) is 0 Å². The van der Waals surface area contributed by atoms with Crippen molar-refractivity contribution in [1.82, 2.24) is 4.90 Å². The zero-order chi connectivity index (χ0) is 18.6. The molecule has 132 valence electrons. The molecule has 0 saturated heterocycles. The van der Waals surface area contributed by atoms with Crippen LogP contribution in [0.1, 0.15) is 27.0 Å². The summed E-state index contributed by atoms with van der Waals surface area (Å²) in [6.45, 7) is 5.89. The molecule has 0 spiro atoms. The van der Waals surface area contributed by atoms with E-state index in [4.69, 9.17) is 4.74 Å². The van der Waals surface area contributed by atoms with E-state index in [1.165, 1.54) is 4.90 Å². The standard InChI is InChI=1S/C20H24N2O3/c1-13-9-14(2)15(3)18(10-13)25-12-19(23)21-17-8-6-7-16(11-17)20(24)22(4)5/h6-11H,12H2,1-5H3,(H,21,23). The Balaban J connectivity index is 2.02. The van der Waals surface area contributed by atoms with Gasteiger partial charge in [-0.05, 0) is 61.7 Å². The van der Waals surface area contributed by atoms with Gasteiger partial charge in [0.25, 0.3) is 11.8 Å². The summed E-state index contributed by atoms with van der Waals surface area (Å²) >= 11 is 0. The van der Waals surface area contributed by atoms with Gasteiger partial charge in [0.1, 0.15) is 5.75 Å². The van der Waals surface area contributed by atoms with Gasteiger partial charge in [-0.2, -0.15) is 0 Å². The summed E-state index contributed by atoms with van der Waals surface area (Å²) < 4.78 is 5.66. The fourth-order valence-corrected chi connectivity index (χ4v) is 2.48. The Morgan fingerprint density at radius 1 is 1.08 bits per heavy atom. The molecular formula is C20H24N2O3. The van der Waals surface area contributed by atoms with Gasteiger partial charge in [0, 0.05) is 25.3 Å². The van der Waals surface area contributed by atoms with Crippen LogP contribution in [0.3, 0.4) is 0 Å². The minimum atomic E-state index is -0.270. The van der Waals surface area contributed by atoms with Crippen molar-refractivity contribution in [1.29, 1.82) is 0 Å². The number of carbonyl (C=O) groups is 2. The number of benzene rings is 2. The Bertz CT molecular complexity index is 798. The maximum atomic E-state index is 12.2. The van der Waals surface area contributed by atoms with Crippen LogP contribution >= 0.6 is 0 Å². The average Bonchev–Trinajstić information content (AvgIpc) is 2.56. The number of ether oxygens (including phenoxy) is 1. The lowest BCUT2D eigenvalue weighted by atomic mass is 10.1. The van der Waals surface area contributed by atoms with Crippen molar-refractivity contribution >= 4 is 17.5 Å². The third kappa shape index (κ3) is 4.83. The molecule has 0 heterocycles. The summed E-state index contributed by atoms with van der Waals surface area (Å²) in [5.74, 6) is 0.329. The highest BCUT2D eigenvalue weighted by atomic mass is 16.5. The quantitative estimate of drug-likeness (QED) is 0.908. The van der Waals surface area contributed by atoms with E-state index >= 15 is 0 Å². The molecule has 2 rings (SSSR count). The van der Waals surface area contributed by atoms with E-state index in [-0.39, 0.29) is 18.4 Å². The summed E-state index contributed by atoms with van der Waals surface area (Å²) in [6, 6.07) is 10.9. The molecule has 0 bridgehead atoms. The molecule has 2 aromatic rings. The van der Waals surface area contributed by atoms with Crippen molar-refractivity contribution in [3.8, 4) is 5.75 Å². The third-order valence-electron chi connectivity index (χ3n) is 3.92. The molecule has 0 radical (unpaired) electrons. The largest absolute Gasteiger partial charge is 0.483 e. The van der Waals surface area contributed by atoms with Crippen molar-refractivity contribution in [2.75, 3.05) is 26.0 Å². The fraction of sp³-hybridized carbons (Fsp3) is 0.300. The van der Waals surface area contributed by atoms with Gasteiger partial charge in [0.05, 0.1) is 0 Å². The zero-order valence-corrected chi connectivity index (χ0v) is 15.3. The molecule has 0 atom stereocenters. The Morgan fingerprint density at radius 3 is 2.48 bits per heavy atom. The van der Waals surface area contributed by atoms with Crippen LogP contribution in [0.2, 0.25) is 0 Å². The number of hydrogen-bond donors (Lipinski definition) is 1. The molecule has 0 saturated carbocycles. The van der Waals surface area contributed by atoms with E-state index in [1.807, 2.05) is 26.8 Å². The second kappa shape index (κ2) is 7.83. The number of rotatable bonds is 5. The van der Waals surface area contributed by atoms with E-state index in [0.29, 0.717) is 17.0 Å². The first kappa shape index (κ1) is 18.5. The third-order valence-corrected chi connectivity index (χ3v) is 3.92. The Kier molecular flexibility index (Phi) is 5.80. The second-order valence-electron chi connectivity index (χ2n) is 6.32. The molecular weight excluding hydrogens is 316 g/mol. The summed E-state index contributed by atoms with van der Waals surface area (Å²) in [4.78, 5) is 25.6. The smallest absolute Gasteiger partial charge is 0.262 e. The molecule has 0 aromatic heterocycles. The molecule has 0 aliphatic carbocycles. The number of nitrogens with one attached hydrogen (secondary N) is 1. The van der Waals surface area contributed by atoms with Gasteiger partial charge in [0.15, 0.2) is 6.61 Å². The van der Waals surface area contributed by atoms with E-state index in [9.17, 15) is 9.59 Å². The lowest BCUT2D eigenvalue weighted by molar-refractivity contribution is -0.118. The molecule has 2 amide bonds. The monoisotopic (exact) mass is 340 g/mol. The molecule has 25 heavy (non-hydrogen) atoms. The molecule has 5 nitrogen and oxygen atoms in total. The normalized spacial score (nSPS) is 10.3. The van der Waals surface area contributed by atoms with E-state index in [1.54, 1.807) is 38.4 Å². The fourth-order valence-electron chi connectivity index (χ4n) is 2.48. The van der Waals surface area contributed by atoms with E-state index in [2.05, 4.69) is 11.4 Å². The highest BCUT2D eigenvalue weighted by molar-refractivity contribution is 5.97. The van der Waals surface area contributed by atoms with Crippen molar-refractivity contribution in [2.45, 2.75) is 20.8 Å². The molecule has 1 N–H and O–H groups in total. The van der Waals surface area contributed by atoms with E-state index < -0.39 is 0 Å². The lowest BCUT2D eigenvalue weighted by Crippen LogP contribution is -2.23. The topological polar surface area (TPSA) is 58.6 Å². The summed E-state index contributed by atoms with van der Waals surface area (Å²) in [5, 5.41) is 2.76. The van der Waals surface area contributed by atoms with Gasteiger partial charge in [-0.25, -0.2) is 0 Å². The molecule has 5 heteroatoms. The zero-order valence-electron chi connectivity index (χ0n) is 15.3. The molecule has 2 aromatic carbocycles. The van der Waals surface area contributed by atoms with Crippen molar-refractivity contribution in [3.05, 3.63) is 58.7 Å². The molecule has 0 aliphatic heterocycles. The average molecular weight is 340 g/mol. The molecule has 0 aliphatic rings. The van der Waals surface area contributed by atoms with E-state index in [0.717, 1.165) is 16.7 Å². The van der Waals surface area contributed by atoms with Crippen molar-refractivity contribution < 1.29 is 14.3 Å². The number of hydrogen-bond acceptors (Lipinski definition) is 3. The van der Waals surface area contributed by atoms with Crippen LogP contribution in [0.4, 0.5) is 5.69 Å². The summed E-state index contributed by atoms with van der Waals surface area (Å²) in [5.41, 5.74) is 4.34. The highest BCUT2D eigenvalue weighted by Gasteiger charge is 2.11. The number of carbonyl (C=O) groups excluding carboxylic acids is 2. The predicted octanol–water partition coefficient (Wildman–Crippen LogP) is 3.33. The number of anilines is 1. The van der Waals surface area contributed by atoms with Crippen LogP contribution in [0.5, 0.6) is 5.75 Å². The lowest BCUT2D eigenvalue weighted by Gasteiger charge is -2.13. The van der Waals surface area contributed by atoms with Gasteiger partial charge in [0.2, 0.25) is 0 Å². The minimum absolute atomic E-state index is 0.0877. The van der Waals surface area contributed by atoms with Crippen LogP contribution in [0.15, 0.2) is 36.4 Å². The van der Waals surface area contributed by atoms with Crippen LogP contribution in [-0.2, 0) is 4.79 Å². The number of amides is 2. The Labute approximate surface area is 148 Å². The first-order valence-corrected chi connectivity index (χ1v) is 8.10. The van der Waals surface area contributed by atoms with Gasteiger partial charge in [-0.3, -0.25) is 9.59 Å². The van der Waals surface area contributed by atoms with Crippen LogP contribution in [0.25, 0.3) is 0 Å². The molecule has 0 unspecified atom stereocenters. The first-order chi connectivity index (χ1) is 11.8. The molecule has 0 fully saturated rings. The minimum Gasteiger partial charge on any atom is -0.483 e. The van der Waals surface area contributed by atoms with Crippen LogP contribution < -0.4 is 10.1 Å². The van der Waals surface area contributed by atoms with Gasteiger partial charge < -0.3 is 15.0 Å². The maximum Gasteiger partial charge on any atom is 0.262 e. The Morgan fingerprint density at radius 2 is 1.80 bits per heavy atom. The first-order valence-electron chi connectivity index (χ1n) is 8.10. The van der Waals surface area contributed by atoms with Gasteiger partial charge in [-0.15, -0.1) is 0 Å². The van der Waals surface area contributed by atoms with Crippen molar-refractivity contribution in [2.24, 2.45) is 0 Å². The summed E-state index contributed by atoms with van der Waals surface area (Å²) in [7, 11) is 3.38. The highest BCUT2D eigenvalue weighted by Crippen LogP contribution is 2.23. The Hall–Kier alpha value is -2.82. The predicted molar refractivity (Wildman–Crippen MR) is 99.2 cm³/mol.